The molecule has 0 saturated carbocycles. The topological polar surface area (TPSA) is 42.1 Å². The summed E-state index contributed by atoms with van der Waals surface area (Å²) in [5.74, 6) is 1.08. The van der Waals surface area contributed by atoms with Gasteiger partial charge in [-0.25, -0.2) is 4.98 Å². The van der Waals surface area contributed by atoms with Gasteiger partial charge in [-0.1, -0.05) is 6.07 Å². The Morgan fingerprint density at radius 1 is 1.25 bits per heavy atom. The minimum atomic E-state index is -0.318. The summed E-state index contributed by atoms with van der Waals surface area (Å²) >= 11 is 0. The molecule has 0 bridgehead atoms. The summed E-state index contributed by atoms with van der Waals surface area (Å²) in [6.45, 7) is 6.30. The van der Waals surface area contributed by atoms with Crippen molar-refractivity contribution in [2.45, 2.75) is 38.6 Å². The van der Waals surface area contributed by atoms with E-state index in [4.69, 9.17) is 5.73 Å². The molecule has 1 fully saturated rings. The Kier molecular flexibility index (Phi) is 3.15. The molecule has 2 N–H and O–H groups in total. The van der Waals surface area contributed by atoms with Gasteiger partial charge in [0, 0.05) is 30.4 Å². The van der Waals surface area contributed by atoms with Crippen LogP contribution in [0, 0.1) is 0 Å². The molecule has 16 heavy (non-hydrogen) atoms. The summed E-state index contributed by atoms with van der Waals surface area (Å²) in [6, 6.07) is 4.06. The largest absolute Gasteiger partial charge is 0.356 e. The van der Waals surface area contributed by atoms with Gasteiger partial charge in [0.05, 0.1) is 0 Å². The van der Waals surface area contributed by atoms with Crippen molar-refractivity contribution in [3.63, 3.8) is 0 Å². The minimum absolute atomic E-state index is 0.318. The van der Waals surface area contributed by atoms with Crippen LogP contribution in [0.3, 0.4) is 0 Å². The Morgan fingerprint density at radius 2 is 1.94 bits per heavy atom. The molecule has 0 atom stereocenters. The zero-order valence-electron chi connectivity index (χ0n) is 10.2. The number of hydrogen-bond acceptors (Lipinski definition) is 3. The number of nitrogens with zero attached hydrogens (tertiary/aromatic N) is 2. The van der Waals surface area contributed by atoms with E-state index in [9.17, 15) is 0 Å². The lowest BCUT2D eigenvalue weighted by atomic mass is 9.95. The smallest absolute Gasteiger partial charge is 0.133 e. The van der Waals surface area contributed by atoms with Gasteiger partial charge in [-0.05, 0) is 39.2 Å². The van der Waals surface area contributed by atoms with Gasteiger partial charge in [-0.3, -0.25) is 0 Å². The summed E-state index contributed by atoms with van der Waals surface area (Å²) < 4.78 is 0. The first-order chi connectivity index (χ1) is 7.59. The van der Waals surface area contributed by atoms with Crippen LogP contribution in [0.25, 0.3) is 0 Å². The second-order valence-corrected chi connectivity index (χ2v) is 5.14. The van der Waals surface area contributed by atoms with Gasteiger partial charge in [0.25, 0.3) is 0 Å². The first-order valence-corrected chi connectivity index (χ1v) is 6.08. The van der Waals surface area contributed by atoms with Crippen molar-refractivity contribution in [1.29, 1.82) is 0 Å². The maximum Gasteiger partial charge on any atom is 0.133 e. The van der Waals surface area contributed by atoms with E-state index in [0.717, 1.165) is 24.5 Å². The highest BCUT2D eigenvalue weighted by Gasteiger charge is 2.23. The lowest BCUT2D eigenvalue weighted by Crippen LogP contribution is -2.36. The number of hydrogen-bond donors (Lipinski definition) is 1. The van der Waals surface area contributed by atoms with Gasteiger partial charge < -0.3 is 10.6 Å². The standard InChI is InChI=1S/C13H21N3/c1-13(2,14)11-7-6-8-15-12(11)16-9-4-3-5-10-16/h6-8H,3-5,9-10,14H2,1-2H3. The fraction of sp³-hybridized carbons (Fsp3) is 0.615. The average molecular weight is 219 g/mol. The van der Waals surface area contributed by atoms with E-state index in [2.05, 4.69) is 16.0 Å². The Balaban J connectivity index is 2.32. The van der Waals surface area contributed by atoms with Crippen molar-refractivity contribution in [2.75, 3.05) is 18.0 Å². The van der Waals surface area contributed by atoms with Crippen LogP contribution in [-0.4, -0.2) is 18.1 Å². The van der Waals surface area contributed by atoms with E-state index < -0.39 is 0 Å². The zero-order chi connectivity index (χ0) is 11.6. The van der Waals surface area contributed by atoms with Gasteiger partial charge >= 0.3 is 0 Å². The summed E-state index contributed by atoms with van der Waals surface area (Å²) in [4.78, 5) is 6.88. The van der Waals surface area contributed by atoms with Gasteiger partial charge in [0.15, 0.2) is 0 Å². The predicted molar refractivity (Wildman–Crippen MR) is 67.5 cm³/mol. The predicted octanol–water partition coefficient (Wildman–Crippen LogP) is 2.27. The second-order valence-electron chi connectivity index (χ2n) is 5.14. The van der Waals surface area contributed by atoms with Crippen molar-refractivity contribution < 1.29 is 0 Å². The monoisotopic (exact) mass is 219 g/mol. The minimum Gasteiger partial charge on any atom is -0.356 e. The van der Waals surface area contributed by atoms with Crippen molar-refractivity contribution in [3.8, 4) is 0 Å². The van der Waals surface area contributed by atoms with Crippen LogP contribution in [0.15, 0.2) is 18.3 Å². The van der Waals surface area contributed by atoms with Crippen molar-refractivity contribution in [2.24, 2.45) is 5.73 Å². The first-order valence-electron chi connectivity index (χ1n) is 6.08. The van der Waals surface area contributed by atoms with Crippen LogP contribution >= 0.6 is 0 Å². The summed E-state index contributed by atoms with van der Waals surface area (Å²) in [5.41, 5.74) is 7.03. The zero-order valence-corrected chi connectivity index (χ0v) is 10.2. The number of rotatable bonds is 2. The van der Waals surface area contributed by atoms with Crippen LogP contribution in [0.4, 0.5) is 5.82 Å². The maximum absolute atomic E-state index is 6.20. The van der Waals surface area contributed by atoms with Crippen LogP contribution in [-0.2, 0) is 5.54 Å². The Labute approximate surface area is 97.7 Å². The molecule has 0 aromatic carbocycles. The summed E-state index contributed by atoms with van der Waals surface area (Å²) in [6.07, 6.45) is 5.73. The Morgan fingerprint density at radius 3 is 2.56 bits per heavy atom. The molecule has 3 heteroatoms. The molecule has 0 unspecified atom stereocenters. The number of pyridine rings is 1. The maximum atomic E-state index is 6.20. The SMILES string of the molecule is CC(C)(N)c1cccnc1N1CCCCC1. The molecule has 2 rings (SSSR count). The fourth-order valence-corrected chi connectivity index (χ4v) is 2.26. The van der Waals surface area contributed by atoms with Crippen molar-refractivity contribution >= 4 is 5.82 Å². The quantitative estimate of drug-likeness (QED) is 0.829. The lowest BCUT2D eigenvalue weighted by molar-refractivity contribution is 0.533. The Bertz CT molecular complexity index is 348. The Hall–Kier alpha value is -1.09. The molecule has 0 amide bonds. The third-order valence-corrected chi connectivity index (χ3v) is 3.14. The molecule has 0 radical (unpaired) electrons. The van der Waals surface area contributed by atoms with Gasteiger partial charge in [-0.15, -0.1) is 0 Å². The molecule has 1 aliphatic heterocycles. The normalized spacial score (nSPS) is 17.6. The highest BCUT2D eigenvalue weighted by molar-refractivity contribution is 5.50. The van der Waals surface area contributed by atoms with Crippen molar-refractivity contribution in [1.82, 2.24) is 4.98 Å². The van der Waals surface area contributed by atoms with Crippen LogP contribution in [0.2, 0.25) is 0 Å². The molecule has 1 saturated heterocycles. The third-order valence-electron chi connectivity index (χ3n) is 3.14. The van der Waals surface area contributed by atoms with E-state index >= 15 is 0 Å². The fourth-order valence-electron chi connectivity index (χ4n) is 2.26. The molecule has 3 nitrogen and oxygen atoms in total. The summed E-state index contributed by atoms with van der Waals surface area (Å²) in [5, 5.41) is 0. The molecule has 1 aliphatic rings. The van der Waals surface area contributed by atoms with E-state index in [1.807, 2.05) is 26.1 Å². The second kappa shape index (κ2) is 4.42. The van der Waals surface area contributed by atoms with Crippen LogP contribution in [0.5, 0.6) is 0 Å². The van der Waals surface area contributed by atoms with Crippen LogP contribution < -0.4 is 10.6 Å². The molecule has 1 aromatic rings. The average Bonchev–Trinajstić information content (AvgIpc) is 2.29. The number of aromatic nitrogens is 1. The van der Waals surface area contributed by atoms with Gasteiger partial charge in [0.1, 0.15) is 5.82 Å². The highest BCUT2D eigenvalue weighted by Crippen LogP contribution is 2.28. The third kappa shape index (κ3) is 2.35. The lowest BCUT2D eigenvalue weighted by Gasteiger charge is -2.32. The number of anilines is 1. The number of nitrogens with two attached hydrogens (primary N) is 1. The molecular weight excluding hydrogens is 198 g/mol. The van der Waals surface area contributed by atoms with Crippen molar-refractivity contribution in [3.05, 3.63) is 23.9 Å². The van der Waals surface area contributed by atoms with E-state index in [-0.39, 0.29) is 5.54 Å². The molecule has 88 valence electrons. The number of piperidine rings is 1. The molecule has 2 heterocycles. The molecule has 0 aliphatic carbocycles. The van der Waals surface area contributed by atoms with E-state index in [1.165, 1.54) is 19.3 Å². The van der Waals surface area contributed by atoms with Gasteiger partial charge in [0.2, 0.25) is 0 Å². The summed E-state index contributed by atoms with van der Waals surface area (Å²) in [7, 11) is 0. The van der Waals surface area contributed by atoms with E-state index in [0.29, 0.717) is 0 Å². The van der Waals surface area contributed by atoms with Gasteiger partial charge in [-0.2, -0.15) is 0 Å². The van der Waals surface area contributed by atoms with E-state index in [1.54, 1.807) is 0 Å². The molecule has 1 aromatic heterocycles. The first kappa shape index (κ1) is 11.4. The molecular formula is C13H21N3. The molecule has 0 spiro atoms. The van der Waals surface area contributed by atoms with Crippen LogP contribution in [0.1, 0.15) is 38.7 Å². The highest BCUT2D eigenvalue weighted by atomic mass is 15.2.